The van der Waals surface area contributed by atoms with Gasteiger partial charge in [0, 0.05) is 5.41 Å². The van der Waals surface area contributed by atoms with E-state index in [0.717, 1.165) is 50.0 Å². The number of aliphatic hydroxyl groups excluding tert-OH is 1. The zero-order valence-corrected chi connectivity index (χ0v) is 20.7. The lowest BCUT2D eigenvalue weighted by Crippen LogP contribution is -2.43. The van der Waals surface area contributed by atoms with E-state index in [1.807, 2.05) is 6.07 Å². The molecule has 0 saturated heterocycles. The van der Waals surface area contributed by atoms with Gasteiger partial charge in [-0.25, -0.2) is 0 Å². The van der Waals surface area contributed by atoms with Crippen LogP contribution in [0.3, 0.4) is 0 Å². The summed E-state index contributed by atoms with van der Waals surface area (Å²) in [6, 6.07) is 15.1. The first-order chi connectivity index (χ1) is 15.8. The lowest BCUT2D eigenvalue weighted by Gasteiger charge is -2.51. The molecule has 33 heavy (non-hydrogen) atoms. The highest BCUT2D eigenvalue weighted by molar-refractivity contribution is 5.57. The number of rotatable bonds is 6. The molecule has 0 unspecified atom stereocenters. The van der Waals surface area contributed by atoms with Crippen LogP contribution in [0, 0.1) is 18.3 Å². The summed E-state index contributed by atoms with van der Waals surface area (Å²) >= 11 is 0. The van der Waals surface area contributed by atoms with E-state index in [9.17, 15) is 10.2 Å². The van der Waals surface area contributed by atoms with Gasteiger partial charge in [-0.3, -0.25) is 0 Å². The fourth-order valence-corrected chi connectivity index (χ4v) is 7.60. The summed E-state index contributed by atoms with van der Waals surface area (Å²) in [7, 11) is 0. The summed E-state index contributed by atoms with van der Waals surface area (Å²) in [5.74, 6) is 1.16. The van der Waals surface area contributed by atoms with Gasteiger partial charge in [-0.1, -0.05) is 74.2 Å². The summed E-state index contributed by atoms with van der Waals surface area (Å²) in [5, 5.41) is 21.4. The minimum Gasteiger partial charge on any atom is -0.508 e. The fraction of sp³-hybridized carbons (Fsp3) is 0.548. The summed E-state index contributed by atoms with van der Waals surface area (Å²) in [4.78, 5) is 0. The molecule has 0 aromatic heterocycles. The molecule has 5 rings (SSSR count). The molecule has 2 aromatic carbocycles. The number of phenolic OH excluding ortho intramolecular Hbond substituents is 1. The Balaban J connectivity index is 1.65. The van der Waals surface area contributed by atoms with E-state index in [1.165, 1.54) is 42.4 Å². The van der Waals surface area contributed by atoms with Crippen molar-refractivity contribution in [1.29, 1.82) is 0 Å². The first-order valence-electron chi connectivity index (χ1n) is 13.1. The summed E-state index contributed by atoms with van der Waals surface area (Å²) in [6.07, 6.45) is 10.8. The second-order valence-electron chi connectivity index (χ2n) is 11.6. The molecule has 0 amide bonds. The minimum atomic E-state index is -0.193. The molecule has 0 spiro atoms. The maximum absolute atomic E-state index is 10.9. The number of hydrogen-bond donors (Lipinski definition) is 2. The van der Waals surface area contributed by atoms with Crippen molar-refractivity contribution in [3.05, 3.63) is 75.9 Å². The van der Waals surface area contributed by atoms with Crippen molar-refractivity contribution in [3.8, 4) is 5.75 Å². The van der Waals surface area contributed by atoms with Crippen LogP contribution >= 0.6 is 0 Å². The Kier molecular flexibility index (Phi) is 5.93. The van der Waals surface area contributed by atoms with Crippen molar-refractivity contribution in [1.82, 2.24) is 0 Å². The molecule has 3 aliphatic rings. The topological polar surface area (TPSA) is 40.5 Å². The third-order valence-electron chi connectivity index (χ3n) is 9.17. The highest BCUT2D eigenvalue weighted by atomic mass is 16.3. The van der Waals surface area contributed by atoms with Gasteiger partial charge in [-0.05, 0) is 97.9 Å². The maximum atomic E-state index is 10.9. The molecular weight excluding hydrogens is 404 g/mol. The summed E-state index contributed by atoms with van der Waals surface area (Å²) in [6.45, 7) is 6.73. The van der Waals surface area contributed by atoms with Gasteiger partial charge in [0.2, 0.25) is 0 Å². The standard InChI is InChI=1S/C31H40O2/c1-21(2)8-7-15-30-16-17-31(19-23-9-5-4-6-10-23)26-13-14-29(33)22(3)25(26)11-12-27(31)28(30)18-24(32)20-30/h4-6,9-10,13-14,21,24,32-33H,7-8,11-12,15-20H2,1-3H3/t24-,30-,31-/m0/s1. The summed E-state index contributed by atoms with van der Waals surface area (Å²) in [5.41, 5.74) is 8.69. The fourth-order valence-electron chi connectivity index (χ4n) is 7.60. The number of aromatic hydroxyl groups is 1. The summed E-state index contributed by atoms with van der Waals surface area (Å²) < 4.78 is 0. The number of hydrogen-bond acceptors (Lipinski definition) is 2. The largest absolute Gasteiger partial charge is 0.508 e. The molecule has 176 valence electrons. The quantitative estimate of drug-likeness (QED) is 0.463. The Hall–Kier alpha value is -2.06. The highest BCUT2D eigenvalue weighted by Gasteiger charge is 2.53. The van der Waals surface area contributed by atoms with E-state index in [2.05, 4.69) is 57.2 Å². The van der Waals surface area contributed by atoms with Gasteiger partial charge in [-0.2, -0.15) is 0 Å². The zero-order chi connectivity index (χ0) is 23.2. The van der Waals surface area contributed by atoms with Crippen LogP contribution in [0.4, 0.5) is 0 Å². The monoisotopic (exact) mass is 444 g/mol. The Morgan fingerprint density at radius 1 is 1.00 bits per heavy atom. The van der Waals surface area contributed by atoms with Crippen LogP contribution in [0.25, 0.3) is 0 Å². The second kappa shape index (κ2) is 8.62. The van der Waals surface area contributed by atoms with Crippen molar-refractivity contribution in [3.63, 3.8) is 0 Å². The molecule has 1 fully saturated rings. The van der Waals surface area contributed by atoms with E-state index in [4.69, 9.17) is 0 Å². The third-order valence-corrected chi connectivity index (χ3v) is 9.17. The molecule has 3 atom stereocenters. The average molecular weight is 445 g/mol. The second-order valence-corrected chi connectivity index (χ2v) is 11.6. The number of allylic oxidation sites excluding steroid dienone is 1. The number of benzene rings is 2. The normalized spacial score (nSPS) is 28.6. The van der Waals surface area contributed by atoms with Crippen molar-refractivity contribution in [2.75, 3.05) is 0 Å². The van der Waals surface area contributed by atoms with Crippen molar-refractivity contribution < 1.29 is 10.2 Å². The van der Waals surface area contributed by atoms with Crippen molar-refractivity contribution >= 4 is 0 Å². The lowest BCUT2D eigenvalue weighted by atomic mass is 9.52. The first kappa shape index (κ1) is 22.7. The molecule has 0 radical (unpaired) electrons. The van der Waals surface area contributed by atoms with Gasteiger partial charge >= 0.3 is 0 Å². The van der Waals surface area contributed by atoms with Gasteiger partial charge in [0.1, 0.15) is 5.75 Å². The van der Waals surface area contributed by atoms with Crippen LogP contribution in [0.15, 0.2) is 53.6 Å². The minimum absolute atomic E-state index is 0.00562. The molecule has 0 bridgehead atoms. The smallest absolute Gasteiger partial charge is 0.118 e. The third kappa shape index (κ3) is 3.85. The van der Waals surface area contributed by atoms with Gasteiger partial charge in [0.05, 0.1) is 6.10 Å². The first-order valence-corrected chi connectivity index (χ1v) is 13.1. The van der Waals surface area contributed by atoms with E-state index >= 15 is 0 Å². The molecule has 1 saturated carbocycles. The lowest BCUT2D eigenvalue weighted by molar-refractivity contribution is 0.141. The van der Waals surface area contributed by atoms with Crippen molar-refractivity contribution in [2.24, 2.45) is 11.3 Å². The average Bonchev–Trinajstić information content (AvgIpc) is 3.12. The Labute approximate surface area is 199 Å². The van der Waals surface area contributed by atoms with Crippen molar-refractivity contribution in [2.45, 2.75) is 96.5 Å². The Bertz CT molecular complexity index is 1050. The SMILES string of the molecule is Cc1c(O)ccc2c1CCC1=C3C[C@H](O)C[C@]3(CCCC(C)C)CC[C@@]12Cc1ccccc1. The molecule has 2 N–H and O–H groups in total. The maximum Gasteiger partial charge on any atom is 0.118 e. The Morgan fingerprint density at radius 2 is 1.79 bits per heavy atom. The molecule has 3 aliphatic carbocycles. The predicted molar refractivity (Wildman–Crippen MR) is 136 cm³/mol. The van der Waals surface area contributed by atoms with Gasteiger partial charge in [-0.15, -0.1) is 0 Å². The van der Waals surface area contributed by atoms with Crippen LogP contribution in [-0.2, 0) is 18.3 Å². The van der Waals surface area contributed by atoms with Crippen LogP contribution in [0.1, 0.15) is 87.5 Å². The Morgan fingerprint density at radius 3 is 2.55 bits per heavy atom. The van der Waals surface area contributed by atoms with E-state index < -0.39 is 0 Å². The zero-order valence-electron chi connectivity index (χ0n) is 20.7. The number of phenols is 1. The van der Waals surface area contributed by atoms with E-state index in [1.54, 1.807) is 11.1 Å². The van der Waals surface area contributed by atoms with E-state index in [-0.39, 0.29) is 16.9 Å². The molecule has 2 heteroatoms. The highest BCUT2D eigenvalue weighted by Crippen LogP contribution is 2.63. The predicted octanol–water partition coefficient (Wildman–Crippen LogP) is 7.19. The molecular formula is C31H40O2. The van der Waals surface area contributed by atoms with Gasteiger partial charge in [0.25, 0.3) is 0 Å². The van der Waals surface area contributed by atoms with Crippen LogP contribution in [0.5, 0.6) is 5.75 Å². The molecule has 0 aliphatic heterocycles. The molecule has 0 heterocycles. The van der Waals surface area contributed by atoms with Crippen LogP contribution < -0.4 is 0 Å². The van der Waals surface area contributed by atoms with Crippen LogP contribution in [-0.4, -0.2) is 16.3 Å². The van der Waals surface area contributed by atoms with Gasteiger partial charge < -0.3 is 10.2 Å². The van der Waals surface area contributed by atoms with Crippen LogP contribution in [0.2, 0.25) is 0 Å². The molecule has 2 nitrogen and oxygen atoms in total. The number of aliphatic hydroxyl groups is 1. The van der Waals surface area contributed by atoms with E-state index in [0.29, 0.717) is 5.75 Å². The number of fused-ring (bicyclic) bond motifs is 4. The molecule has 2 aromatic rings. The van der Waals surface area contributed by atoms with Gasteiger partial charge in [0.15, 0.2) is 0 Å².